The van der Waals surface area contributed by atoms with Gasteiger partial charge in [-0.2, -0.15) is 0 Å². The summed E-state index contributed by atoms with van der Waals surface area (Å²) in [6.07, 6.45) is -5.94. The molecule has 7 nitrogen and oxygen atoms in total. The van der Waals surface area contributed by atoms with Crippen LogP contribution in [0.3, 0.4) is 0 Å². The minimum Gasteiger partial charge on any atom is -0.395 e. The van der Waals surface area contributed by atoms with Gasteiger partial charge in [0.25, 0.3) is 0 Å². The fourth-order valence-corrected chi connectivity index (χ4v) is 1.01. The number of hydrogen-bond donors (Lipinski definition) is 7. The van der Waals surface area contributed by atoms with Crippen molar-refractivity contribution < 1.29 is 30.6 Å². The van der Waals surface area contributed by atoms with Crippen molar-refractivity contribution in [3.63, 3.8) is 0 Å². The minimum atomic E-state index is -1.61. The zero-order valence-electron chi connectivity index (χ0n) is 8.32. The van der Waals surface area contributed by atoms with Gasteiger partial charge in [-0.15, -0.1) is 0 Å². The third-order valence-electron chi connectivity index (χ3n) is 1.97. The van der Waals surface area contributed by atoms with Crippen LogP contribution in [0.4, 0.5) is 0 Å². The van der Waals surface area contributed by atoms with Gasteiger partial charge in [-0.05, 0) is 0 Å². The lowest BCUT2D eigenvalue weighted by atomic mass is 10.0. The van der Waals surface area contributed by atoms with Crippen molar-refractivity contribution >= 4 is 0 Å². The summed E-state index contributed by atoms with van der Waals surface area (Å²) in [5, 5.41) is 56.4. The van der Waals surface area contributed by atoms with Crippen molar-refractivity contribution in [3.05, 3.63) is 0 Å². The van der Waals surface area contributed by atoms with Crippen molar-refractivity contribution in [2.75, 3.05) is 26.3 Å². The predicted octanol–water partition coefficient (Wildman–Crippen LogP) is -4.00. The Hall–Kier alpha value is -0.280. The minimum absolute atomic E-state index is 0.0308. The molecule has 0 amide bonds. The molecular formula is C8H19NO6. The van der Waals surface area contributed by atoms with E-state index in [1.807, 2.05) is 0 Å². The lowest BCUT2D eigenvalue weighted by Crippen LogP contribution is -2.49. The molecule has 0 saturated heterocycles. The van der Waals surface area contributed by atoms with E-state index in [0.29, 0.717) is 0 Å². The smallest absolute Gasteiger partial charge is 0.111 e. The molecule has 0 radical (unpaired) electrons. The summed E-state index contributed by atoms with van der Waals surface area (Å²) in [5.41, 5.74) is 0. The molecule has 7 heteroatoms. The van der Waals surface area contributed by atoms with Crippen molar-refractivity contribution in [3.8, 4) is 0 Å². The van der Waals surface area contributed by atoms with Gasteiger partial charge < -0.3 is 36.0 Å². The van der Waals surface area contributed by atoms with Crippen LogP contribution in [0.15, 0.2) is 0 Å². The van der Waals surface area contributed by atoms with Crippen LogP contribution in [0.25, 0.3) is 0 Å². The maximum Gasteiger partial charge on any atom is 0.111 e. The summed E-state index contributed by atoms with van der Waals surface area (Å²) in [7, 11) is 0. The monoisotopic (exact) mass is 225 g/mol. The summed E-state index contributed by atoms with van der Waals surface area (Å²) in [5.74, 6) is 0. The van der Waals surface area contributed by atoms with Crippen molar-refractivity contribution in [1.29, 1.82) is 0 Å². The number of nitrogens with one attached hydrogen (secondary N) is 1. The van der Waals surface area contributed by atoms with E-state index in [2.05, 4.69) is 5.32 Å². The molecule has 0 aliphatic rings. The highest BCUT2D eigenvalue weighted by atomic mass is 16.4. The highest BCUT2D eigenvalue weighted by Gasteiger charge is 2.29. The second-order valence-corrected chi connectivity index (χ2v) is 3.23. The Bertz CT molecular complexity index is 158. The molecule has 92 valence electrons. The molecule has 0 saturated carbocycles. The molecule has 0 aliphatic carbocycles. The molecule has 0 aromatic heterocycles. The molecule has 0 spiro atoms. The van der Waals surface area contributed by atoms with Crippen LogP contribution in [0.2, 0.25) is 0 Å². The number of aliphatic hydroxyl groups excluding tert-OH is 6. The molecule has 0 rings (SSSR count). The second-order valence-electron chi connectivity index (χ2n) is 3.23. The molecule has 0 aromatic carbocycles. The molecular weight excluding hydrogens is 206 g/mol. The average Bonchev–Trinajstić information content (AvgIpc) is 2.26. The second kappa shape index (κ2) is 7.94. The van der Waals surface area contributed by atoms with E-state index in [4.69, 9.17) is 15.3 Å². The third-order valence-corrected chi connectivity index (χ3v) is 1.97. The van der Waals surface area contributed by atoms with E-state index in [-0.39, 0.29) is 19.7 Å². The lowest BCUT2D eigenvalue weighted by molar-refractivity contribution is -0.114. The lowest BCUT2D eigenvalue weighted by Gasteiger charge is -2.25. The van der Waals surface area contributed by atoms with Gasteiger partial charge in [0, 0.05) is 13.1 Å². The van der Waals surface area contributed by atoms with Crippen molar-refractivity contribution in [2.45, 2.75) is 24.4 Å². The molecule has 7 N–H and O–H groups in total. The van der Waals surface area contributed by atoms with Gasteiger partial charge in [0.1, 0.15) is 18.3 Å². The van der Waals surface area contributed by atoms with Crippen LogP contribution in [0, 0.1) is 0 Å². The SMILES string of the molecule is OCCNC[C@@H](O)[C@@H](O)[C@H](O)[C@H](O)CO. The summed E-state index contributed by atoms with van der Waals surface area (Å²) in [4.78, 5) is 0. The van der Waals surface area contributed by atoms with Gasteiger partial charge in [-0.3, -0.25) is 0 Å². The number of rotatable bonds is 8. The molecule has 0 fully saturated rings. The van der Waals surface area contributed by atoms with Gasteiger partial charge in [-0.1, -0.05) is 0 Å². The summed E-state index contributed by atoms with van der Waals surface area (Å²) in [6.45, 7) is -0.584. The third kappa shape index (κ3) is 5.38. The summed E-state index contributed by atoms with van der Waals surface area (Å²) < 4.78 is 0. The van der Waals surface area contributed by atoms with Gasteiger partial charge in [0.2, 0.25) is 0 Å². The molecule has 0 unspecified atom stereocenters. The number of hydrogen-bond acceptors (Lipinski definition) is 7. The van der Waals surface area contributed by atoms with Crippen molar-refractivity contribution in [1.82, 2.24) is 5.32 Å². The van der Waals surface area contributed by atoms with Gasteiger partial charge in [0.15, 0.2) is 0 Å². The maximum absolute atomic E-state index is 9.31. The van der Waals surface area contributed by atoms with E-state index in [1.165, 1.54) is 0 Å². The Labute approximate surface area is 87.6 Å². The maximum atomic E-state index is 9.31. The van der Waals surface area contributed by atoms with Crippen LogP contribution in [0.5, 0.6) is 0 Å². The Morgan fingerprint density at radius 1 is 0.867 bits per heavy atom. The standard InChI is InChI=1S/C8H19NO6/c10-2-1-9-3-5(12)7(14)8(15)6(13)4-11/h5-15H,1-4H2/t5-,6-,7-,8-/m1/s1. The van der Waals surface area contributed by atoms with Crippen LogP contribution >= 0.6 is 0 Å². The zero-order chi connectivity index (χ0) is 11.8. The van der Waals surface area contributed by atoms with Gasteiger partial charge >= 0.3 is 0 Å². The summed E-state index contributed by atoms with van der Waals surface area (Å²) in [6, 6.07) is 0. The highest BCUT2D eigenvalue weighted by Crippen LogP contribution is 2.04. The Kier molecular flexibility index (Phi) is 7.79. The van der Waals surface area contributed by atoms with Crippen LogP contribution < -0.4 is 5.32 Å². The first-order valence-electron chi connectivity index (χ1n) is 4.69. The Balaban J connectivity index is 3.90. The van der Waals surface area contributed by atoms with E-state index in [1.54, 1.807) is 0 Å². The largest absolute Gasteiger partial charge is 0.395 e. The molecule has 4 atom stereocenters. The Morgan fingerprint density at radius 3 is 1.87 bits per heavy atom. The van der Waals surface area contributed by atoms with E-state index >= 15 is 0 Å². The van der Waals surface area contributed by atoms with Crippen LogP contribution in [-0.2, 0) is 0 Å². The molecule has 0 heterocycles. The van der Waals surface area contributed by atoms with Crippen LogP contribution in [0.1, 0.15) is 0 Å². The fraction of sp³-hybridized carbons (Fsp3) is 1.00. The molecule has 0 bridgehead atoms. The first kappa shape index (κ1) is 14.7. The highest BCUT2D eigenvalue weighted by molar-refractivity contribution is 4.81. The quantitative estimate of drug-likeness (QED) is 0.209. The molecule has 0 aliphatic heterocycles. The van der Waals surface area contributed by atoms with Crippen LogP contribution in [-0.4, -0.2) is 81.4 Å². The first-order chi connectivity index (χ1) is 7.04. The average molecular weight is 225 g/mol. The van der Waals surface area contributed by atoms with Gasteiger partial charge in [-0.25, -0.2) is 0 Å². The number of aliphatic hydroxyl groups is 6. The van der Waals surface area contributed by atoms with E-state index in [0.717, 1.165) is 0 Å². The molecule has 0 aromatic rings. The zero-order valence-corrected chi connectivity index (χ0v) is 8.32. The Morgan fingerprint density at radius 2 is 1.40 bits per heavy atom. The van der Waals surface area contributed by atoms with Crippen molar-refractivity contribution in [2.24, 2.45) is 0 Å². The summed E-state index contributed by atoms with van der Waals surface area (Å²) >= 11 is 0. The molecule has 15 heavy (non-hydrogen) atoms. The van der Waals surface area contributed by atoms with Gasteiger partial charge in [0.05, 0.1) is 19.3 Å². The normalized spacial score (nSPS) is 19.6. The fourth-order valence-electron chi connectivity index (χ4n) is 1.01. The topological polar surface area (TPSA) is 133 Å². The first-order valence-corrected chi connectivity index (χ1v) is 4.69. The predicted molar refractivity (Wildman–Crippen MR) is 51.1 cm³/mol. The van der Waals surface area contributed by atoms with E-state index in [9.17, 15) is 15.3 Å². The van der Waals surface area contributed by atoms with E-state index < -0.39 is 31.0 Å².